The highest BCUT2D eigenvalue weighted by molar-refractivity contribution is 7.97. The van der Waals surface area contributed by atoms with Crippen molar-refractivity contribution in [2.24, 2.45) is 0 Å². The number of carboxylic acids is 1. The summed E-state index contributed by atoms with van der Waals surface area (Å²) in [5.74, 6) is 0.128. The second-order valence-corrected chi connectivity index (χ2v) is 4.58. The first-order valence-corrected chi connectivity index (χ1v) is 6.42. The summed E-state index contributed by atoms with van der Waals surface area (Å²) in [4.78, 5) is 19.6. The van der Waals surface area contributed by atoms with Gasteiger partial charge < -0.3 is 5.11 Å². The third kappa shape index (κ3) is 2.72. The highest BCUT2D eigenvalue weighted by atomic mass is 32.2. The van der Waals surface area contributed by atoms with Gasteiger partial charge in [0.2, 0.25) is 0 Å². The Balaban J connectivity index is 3.17. The van der Waals surface area contributed by atoms with Crippen molar-refractivity contribution in [1.82, 2.24) is 9.97 Å². The topological polar surface area (TPSA) is 63.1 Å². The highest BCUT2D eigenvalue weighted by Gasteiger charge is 2.20. The van der Waals surface area contributed by atoms with Gasteiger partial charge in [0.1, 0.15) is 5.82 Å². The van der Waals surface area contributed by atoms with Crippen LogP contribution in [0.5, 0.6) is 0 Å². The minimum Gasteiger partial charge on any atom is -0.481 e. The van der Waals surface area contributed by atoms with E-state index in [1.807, 2.05) is 20.1 Å². The molecule has 0 spiro atoms. The van der Waals surface area contributed by atoms with E-state index in [1.165, 1.54) is 0 Å². The summed E-state index contributed by atoms with van der Waals surface area (Å²) < 4.78 is 0. The zero-order valence-electron chi connectivity index (χ0n) is 9.94. The largest absolute Gasteiger partial charge is 0.481 e. The van der Waals surface area contributed by atoms with E-state index in [0.717, 1.165) is 28.5 Å². The second-order valence-electron chi connectivity index (χ2n) is 3.72. The van der Waals surface area contributed by atoms with E-state index in [1.54, 1.807) is 18.7 Å². The Morgan fingerprint density at radius 2 is 1.88 bits per heavy atom. The lowest BCUT2D eigenvalue weighted by Crippen LogP contribution is -2.14. The minimum atomic E-state index is -0.840. The summed E-state index contributed by atoms with van der Waals surface area (Å²) >= 11 is 1.65. The molecular formula is C11H16N2O2S. The molecule has 1 unspecified atom stereocenters. The van der Waals surface area contributed by atoms with Crippen LogP contribution in [0, 0.1) is 13.8 Å². The summed E-state index contributed by atoms with van der Waals surface area (Å²) in [6, 6.07) is 0. The zero-order valence-corrected chi connectivity index (χ0v) is 10.8. The fourth-order valence-corrected chi connectivity index (χ4v) is 2.13. The Kier molecular flexibility index (Phi) is 4.29. The fraction of sp³-hybridized carbons (Fsp3) is 0.545. The average molecular weight is 240 g/mol. The number of hydrogen-bond acceptors (Lipinski definition) is 4. The molecule has 1 aromatic rings. The molecule has 0 bridgehead atoms. The van der Waals surface area contributed by atoms with Gasteiger partial charge >= 0.3 is 5.97 Å². The molecule has 0 aromatic carbocycles. The highest BCUT2D eigenvalue weighted by Crippen LogP contribution is 2.22. The molecule has 0 aliphatic carbocycles. The third-order valence-electron chi connectivity index (χ3n) is 2.45. The third-order valence-corrected chi connectivity index (χ3v) is 3.00. The van der Waals surface area contributed by atoms with Crippen LogP contribution in [-0.4, -0.2) is 27.3 Å². The van der Waals surface area contributed by atoms with E-state index in [-0.39, 0.29) is 0 Å². The van der Waals surface area contributed by atoms with E-state index in [4.69, 9.17) is 5.11 Å². The first kappa shape index (κ1) is 13.0. The van der Waals surface area contributed by atoms with Gasteiger partial charge in [0.25, 0.3) is 0 Å². The van der Waals surface area contributed by atoms with Crippen molar-refractivity contribution >= 4 is 17.7 Å². The Hall–Kier alpha value is -1.10. The molecule has 0 saturated heterocycles. The minimum absolute atomic E-state index is 0.552. The van der Waals surface area contributed by atoms with Gasteiger partial charge in [-0.1, -0.05) is 0 Å². The molecule has 1 aromatic heterocycles. The fourth-order valence-electron chi connectivity index (χ4n) is 1.74. The standard InChI is InChI=1S/C11H16N2O2S/c1-6(11(14)15)10-7(2)12-9(5-16-4)13-8(10)3/h6H,5H2,1-4H3,(H,14,15). The summed E-state index contributed by atoms with van der Waals surface area (Å²) in [5, 5.41) is 9.00. The summed E-state index contributed by atoms with van der Waals surface area (Å²) in [6.07, 6.45) is 1.99. The van der Waals surface area contributed by atoms with Crippen LogP contribution in [0.1, 0.15) is 35.6 Å². The first-order chi connectivity index (χ1) is 7.47. The van der Waals surface area contributed by atoms with E-state index in [2.05, 4.69) is 9.97 Å². The average Bonchev–Trinajstić information content (AvgIpc) is 2.16. The summed E-state index contributed by atoms with van der Waals surface area (Å²) in [7, 11) is 0. The van der Waals surface area contributed by atoms with Crippen molar-refractivity contribution < 1.29 is 9.90 Å². The molecule has 16 heavy (non-hydrogen) atoms. The van der Waals surface area contributed by atoms with Gasteiger partial charge in [0, 0.05) is 17.0 Å². The van der Waals surface area contributed by atoms with Gasteiger partial charge in [-0.05, 0) is 27.0 Å². The second kappa shape index (κ2) is 5.30. The van der Waals surface area contributed by atoms with Gasteiger partial charge in [-0.25, -0.2) is 9.97 Å². The molecular weight excluding hydrogens is 224 g/mol. The lowest BCUT2D eigenvalue weighted by atomic mass is 9.98. The van der Waals surface area contributed by atoms with Crippen molar-refractivity contribution in [3.05, 3.63) is 22.8 Å². The van der Waals surface area contributed by atoms with Crippen molar-refractivity contribution in [2.75, 3.05) is 6.26 Å². The van der Waals surface area contributed by atoms with Crippen LogP contribution < -0.4 is 0 Å². The van der Waals surface area contributed by atoms with Crippen LogP contribution >= 0.6 is 11.8 Å². The number of aliphatic carboxylic acids is 1. The van der Waals surface area contributed by atoms with Crippen LogP contribution in [0.3, 0.4) is 0 Å². The Labute approximate surface area is 99.5 Å². The van der Waals surface area contributed by atoms with E-state index in [0.29, 0.717) is 0 Å². The normalized spacial score (nSPS) is 12.5. The van der Waals surface area contributed by atoms with E-state index >= 15 is 0 Å². The molecule has 4 nitrogen and oxygen atoms in total. The molecule has 88 valence electrons. The van der Waals surface area contributed by atoms with Crippen LogP contribution in [0.2, 0.25) is 0 Å². The number of carbonyl (C=O) groups is 1. The molecule has 0 saturated carbocycles. The number of carboxylic acid groups (broad SMARTS) is 1. The number of thioether (sulfide) groups is 1. The maximum Gasteiger partial charge on any atom is 0.310 e. The molecule has 0 amide bonds. The van der Waals surface area contributed by atoms with Crippen molar-refractivity contribution in [3.8, 4) is 0 Å². The van der Waals surface area contributed by atoms with Crippen LogP contribution in [0.25, 0.3) is 0 Å². The van der Waals surface area contributed by atoms with Gasteiger partial charge in [-0.15, -0.1) is 0 Å². The van der Waals surface area contributed by atoms with Crippen LogP contribution in [-0.2, 0) is 10.5 Å². The summed E-state index contributed by atoms with van der Waals surface area (Å²) in [6.45, 7) is 5.34. The van der Waals surface area contributed by atoms with Crippen molar-refractivity contribution in [2.45, 2.75) is 32.4 Å². The Morgan fingerprint density at radius 1 is 1.38 bits per heavy atom. The smallest absolute Gasteiger partial charge is 0.310 e. The van der Waals surface area contributed by atoms with E-state index in [9.17, 15) is 4.79 Å². The van der Waals surface area contributed by atoms with E-state index < -0.39 is 11.9 Å². The molecule has 0 radical (unpaired) electrons. The lowest BCUT2D eigenvalue weighted by Gasteiger charge is -2.13. The molecule has 1 rings (SSSR count). The van der Waals surface area contributed by atoms with Gasteiger partial charge in [-0.2, -0.15) is 11.8 Å². The van der Waals surface area contributed by atoms with Gasteiger partial charge in [0.15, 0.2) is 0 Å². The Bertz CT molecular complexity index is 384. The number of nitrogens with zero attached hydrogens (tertiary/aromatic N) is 2. The predicted molar refractivity (Wildman–Crippen MR) is 64.8 cm³/mol. The molecule has 5 heteroatoms. The number of rotatable bonds is 4. The molecule has 1 N–H and O–H groups in total. The monoisotopic (exact) mass is 240 g/mol. The van der Waals surface area contributed by atoms with Crippen molar-refractivity contribution in [3.63, 3.8) is 0 Å². The zero-order chi connectivity index (χ0) is 12.3. The Morgan fingerprint density at radius 3 is 2.25 bits per heavy atom. The number of aryl methyl sites for hydroxylation is 2. The number of hydrogen-bond donors (Lipinski definition) is 1. The predicted octanol–water partition coefficient (Wildman–Crippen LogP) is 2.14. The molecule has 1 heterocycles. The maximum atomic E-state index is 11.0. The lowest BCUT2D eigenvalue weighted by molar-refractivity contribution is -0.138. The molecule has 0 aliphatic rings. The molecule has 0 fully saturated rings. The first-order valence-electron chi connectivity index (χ1n) is 5.03. The SMILES string of the molecule is CSCc1nc(C)c(C(C)C(=O)O)c(C)n1. The maximum absolute atomic E-state index is 11.0. The molecule has 1 atom stereocenters. The van der Waals surface area contributed by atoms with Gasteiger partial charge in [0.05, 0.1) is 11.7 Å². The van der Waals surface area contributed by atoms with Gasteiger partial charge in [-0.3, -0.25) is 4.79 Å². The number of aromatic nitrogens is 2. The quantitative estimate of drug-likeness (QED) is 0.873. The van der Waals surface area contributed by atoms with Crippen LogP contribution in [0.4, 0.5) is 0 Å². The van der Waals surface area contributed by atoms with Crippen molar-refractivity contribution in [1.29, 1.82) is 0 Å². The summed E-state index contributed by atoms with van der Waals surface area (Å²) in [5.41, 5.74) is 2.27. The van der Waals surface area contributed by atoms with Crippen LogP contribution in [0.15, 0.2) is 0 Å². The molecule has 0 aliphatic heterocycles.